The fourth-order valence-corrected chi connectivity index (χ4v) is 1.85. The average Bonchev–Trinajstić information content (AvgIpc) is 2.48. The van der Waals surface area contributed by atoms with E-state index in [1.807, 2.05) is 25.1 Å². The van der Waals surface area contributed by atoms with Crippen LogP contribution in [0.4, 0.5) is 11.4 Å². The smallest absolute Gasteiger partial charge is 1.00 e. The Morgan fingerprint density at radius 1 is 0.920 bits per heavy atom. The summed E-state index contributed by atoms with van der Waals surface area (Å²) in [6, 6.07) is 3.60. The van der Waals surface area contributed by atoms with Gasteiger partial charge in [0, 0.05) is 20.2 Å². The first-order chi connectivity index (χ1) is 10.1. The Labute approximate surface area is 182 Å². The second-order valence-electron chi connectivity index (χ2n) is 5.19. The van der Waals surface area contributed by atoms with E-state index in [0.717, 1.165) is 31.4 Å². The molecule has 0 N–H and O–H groups in total. The van der Waals surface area contributed by atoms with Crippen molar-refractivity contribution in [2.24, 2.45) is 0 Å². The van der Waals surface area contributed by atoms with Gasteiger partial charge in [-0.05, 0) is 12.8 Å². The molecule has 0 heterocycles. The summed E-state index contributed by atoms with van der Waals surface area (Å²) >= 11 is 0. The number of nitrogens with zero attached hydrogens (tertiary/aromatic N) is 3. The second-order valence-corrected chi connectivity index (χ2v) is 5.19. The van der Waals surface area contributed by atoms with Crippen molar-refractivity contribution in [1.29, 1.82) is 5.39 Å². The molecule has 0 saturated heterocycles. The van der Waals surface area contributed by atoms with Crippen LogP contribution in [-0.2, 0) is 19.5 Å². The van der Waals surface area contributed by atoms with Crippen LogP contribution in [0.2, 0.25) is 0 Å². The number of diazo groups is 1. The molecule has 1 aromatic rings. The van der Waals surface area contributed by atoms with Gasteiger partial charge in [0.05, 0.1) is 25.0 Å². The van der Waals surface area contributed by atoms with Crippen molar-refractivity contribution in [3.63, 3.8) is 0 Å². The third kappa shape index (κ3) is 11.0. The van der Waals surface area contributed by atoms with Crippen molar-refractivity contribution in [3.05, 3.63) is 17.1 Å². The van der Waals surface area contributed by atoms with Gasteiger partial charge < -0.3 is 51.6 Å². The average molecular weight is 464 g/mol. The first kappa shape index (κ1) is 32.2. The van der Waals surface area contributed by atoms with Crippen molar-refractivity contribution in [2.75, 3.05) is 32.2 Å². The molecular weight excluding hydrogens is 438 g/mol. The molecule has 9 heteroatoms. The van der Waals surface area contributed by atoms with E-state index in [-0.39, 0.29) is 56.7 Å². The van der Waals surface area contributed by atoms with Gasteiger partial charge in [-0.15, -0.1) is 0 Å². The maximum Gasteiger partial charge on any atom is 2.00 e. The Morgan fingerprint density at radius 3 is 1.80 bits per heavy atom. The van der Waals surface area contributed by atoms with Gasteiger partial charge in [-0.2, -0.15) is 0 Å². The summed E-state index contributed by atoms with van der Waals surface area (Å²) in [7, 11) is 3.90. The van der Waals surface area contributed by atoms with Gasteiger partial charge in [0.1, 0.15) is 0 Å². The summed E-state index contributed by atoms with van der Waals surface area (Å²) in [5.74, 6) is 1.29. The van der Waals surface area contributed by atoms with Gasteiger partial charge in [0.15, 0.2) is 10.7 Å². The van der Waals surface area contributed by atoms with Gasteiger partial charge in [-0.25, -0.2) is 0 Å². The number of benzene rings is 1. The van der Waals surface area contributed by atoms with Crippen LogP contribution in [0.1, 0.15) is 39.5 Å². The van der Waals surface area contributed by atoms with E-state index in [1.165, 1.54) is 0 Å². The SMILES string of the molecule is CCCCOc1cc(N(C)C)c(OCCCC)cc1[N+]#N.[Cl-].[Cl-].[Cl-].[Zn+2]. The topological polar surface area (TPSA) is 49.9 Å². The molecule has 0 spiro atoms. The fourth-order valence-electron chi connectivity index (χ4n) is 1.85. The first-order valence-electron chi connectivity index (χ1n) is 7.60. The Bertz CT molecular complexity index is 500. The predicted molar refractivity (Wildman–Crippen MR) is 86.3 cm³/mol. The molecule has 0 amide bonds. The molecule has 0 saturated carbocycles. The zero-order valence-electron chi connectivity index (χ0n) is 15.4. The summed E-state index contributed by atoms with van der Waals surface area (Å²) in [5.41, 5.74) is 1.33. The normalized spacial score (nSPS) is 8.44. The molecule has 0 bridgehead atoms. The standard InChI is InChI=1S/C16H26N3O2.3ClH.Zn/c1-5-7-9-20-15-12-14(19(3)4)16(11-13(15)18-17)21-10-8-6-2;;;;/h11-12H,5-10H2,1-4H3;3*1H;/q+1;;;;+2/p-3. The summed E-state index contributed by atoms with van der Waals surface area (Å²) in [5, 5.41) is 9.18. The molecule has 0 unspecified atom stereocenters. The zero-order chi connectivity index (χ0) is 15.7. The Hall–Kier alpha value is -0.467. The summed E-state index contributed by atoms with van der Waals surface area (Å²) in [6.07, 6.45) is 4.10. The molecule has 25 heavy (non-hydrogen) atoms. The number of rotatable bonds is 9. The Morgan fingerprint density at radius 2 is 1.40 bits per heavy atom. The van der Waals surface area contributed by atoms with Gasteiger partial charge in [-0.3, -0.25) is 0 Å². The van der Waals surface area contributed by atoms with Crippen LogP contribution in [0, 0.1) is 5.39 Å². The largest absolute Gasteiger partial charge is 2.00 e. The van der Waals surface area contributed by atoms with E-state index in [9.17, 15) is 5.39 Å². The molecule has 5 nitrogen and oxygen atoms in total. The minimum absolute atomic E-state index is 0. The van der Waals surface area contributed by atoms with Crippen molar-refractivity contribution in [1.82, 2.24) is 0 Å². The second kappa shape index (κ2) is 18.3. The van der Waals surface area contributed by atoms with E-state index in [0.29, 0.717) is 30.4 Å². The van der Waals surface area contributed by atoms with Gasteiger partial charge in [0.2, 0.25) is 11.1 Å². The molecule has 0 atom stereocenters. The van der Waals surface area contributed by atoms with Gasteiger partial charge in [0.25, 0.3) is 0 Å². The molecule has 0 aromatic heterocycles. The van der Waals surface area contributed by atoms with Crippen LogP contribution in [0.15, 0.2) is 12.1 Å². The van der Waals surface area contributed by atoms with Gasteiger partial charge >= 0.3 is 25.2 Å². The summed E-state index contributed by atoms with van der Waals surface area (Å²) in [6.45, 7) is 5.49. The van der Waals surface area contributed by atoms with Crippen LogP contribution >= 0.6 is 0 Å². The third-order valence-corrected chi connectivity index (χ3v) is 3.14. The van der Waals surface area contributed by atoms with E-state index in [2.05, 4.69) is 18.8 Å². The van der Waals surface area contributed by atoms with Gasteiger partial charge in [-0.1, -0.05) is 26.7 Å². The van der Waals surface area contributed by atoms with Crippen molar-refractivity contribution < 1.29 is 66.2 Å². The third-order valence-electron chi connectivity index (χ3n) is 3.14. The predicted octanol–water partition coefficient (Wildman–Crippen LogP) is -4.40. The van der Waals surface area contributed by atoms with Crippen LogP contribution < -0.4 is 51.6 Å². The molecule has 140 valence electrons. The maximum absolute atomic E-state index is 9.18. The zero-order valence-corrected chi connectivity index (χ0v) is 20.6. The van der Waals surface area contributed by atoms with E-state index in [4.69, 9.17) is 9.47 Å². The van der Waals surface area contributed by atoms with E-state index >= 15 is 0 Å². The molecule has 0 aliphatic heterocycles. The van der Waals surface area contributed by atoms with Crippen LogP contribution in [0.25, 0.3) is 4.98 Å². The molecule has 0 fully saturated rings. The number of ether oxygens (including phenoxy) is 2. The number of unbranched alkanes of at least 4 members (excludes halogenated alkanes) is 2. The molecular formula is C16H26Cl3N3O2Zn. The number of halogens is 3. The number of hydrogen-bond acceptors (Lipinski definition) is 4. The molecule has 1 rings (SSSR count). The molecule has 0 aliphatic carbocycles. The molecule has 1 aromatic carbocycles. The number of hydrogen-bond donors (Lipinski definition) is 0. The van der Waals surface area contributed by atoms with Crippen molar-refractivity contribution >= 4 is 11.4 Å². The molecule has 0 aliphatic rings. The maximum atomic E-state index is 9.18. The van der Waals surface area contributed by atoms with E-state index in [1.54, 1.807) is 6.07 Å². The fraction of sp³-hybridized carbons (Fsp3) is 0.625. The van der Waals surface area contributed by atoms with Crippen LogP contribution in [-0.4, -0.2) is 27.3 Å². The summed E-state index contributed by atoms with van der Waals surface area (Å²) in [4.78, 5) is 5.28. The first-order valence-corrected chi connectivity index (χ1v) is 7.60. The monoisotopic (exact) mass is 461 g/mol. The Balaban J connectivity index is -0.000000551. The Kier molecular flexibility index (Phi) is 23.6. The molecule has 0 radical (unpaired) electrons. The van der Waals surface area contributed by atoms with Crippen molar-refractivity contribution in [3.8, 4) is 11.5 Å². The number of anilines is 1. The minimum Gasteiger partial charge on any atom is -1.00 e. The quantitative estimate of drug-likeness (QED) is 0.211. The van der Waals surface area contributed by atoms with Crippen molar-refractivity contribution in [2.45, 2.75) is 39.5 Å². The van der Waals surface area contributed by atoms with E-state index < -0.39 is 0 Å². The van der Waals surface area contributed by atoms with Crippen LogP contribution in [0.3, 0.4) is 0 Å². The summed E-state index contributed by atoms with van der Waals surface area (Å²) < 4.78 is 11.5. The minimum atomic E-state index is 0. The van der Waals surface area contributed by atoms with Crippen LogP contribution in [0.5, 0.6) is 11.5 Å².